The molecular weight excluding hydrogens is 378 g/mol. The molecule has 0 atom stereocenters. The Kier molecular flexibility index (Phi) is 5.28. The number of benzene rings is 3. The van der Waals surface area contributed by atoms with Crippen molar-refractivity contribution in [3.63, 3.8) is 0 Å². The number of aromatic nitrogens is 1. The number of ether oxygens (including phenoxy) is 2. The van der Waals surface area contributed by atoms with Crippen LogP contribution in [0.1, 0.15) is 12.5 Å². The van der Waals surface area contributed by atoms with E-state index in [1.54, 1.807) is 11.3 Å². The highest BCUT2D eigenvalue weighted by molar-refractivity contribution is 7.21. The van der Waals surface area contributed by atoms with E-state index in [0.29, 0.717) is 29.7 Å². The second-order valence-corrected chi connectivity index (χ2v) is 7.40. The number of hydrogen-bond acceptors (Lipinski definition) is 4. The smallest absolute Gasteiger partial charge is 0.161 e. The van der Waals surface area contributed by atoms with Crippen molar-refractivity contribution in [1.82, 2.24) is 4.98 Å². The first-order valence-corrected chi connectivity index (χ1v) is 9.93. The first kappa shape index (κ1) is 17.8. The molecule has 4 aromatic rings. The number of nitrogens with zero attached hydrogens (tertiary/aromatic N) is 1. The second-order valence-electron chi connectivity index (χ2n) is 5.96. The zero-order chi connectivity index (χ0) is 18.6. The van der Waals surface area contributed by atoms with Crippen LogP contribution in [0.4, 0.5) is 0 Å². The molecule has 0 aliphatic heterocycles. The summed E-state index contributed by atoms with van der Waals surface area (Å²) in [5.74, 6) is 1.41. The molecule has 1 aromatic heterocycles. The van der Waals surface area contributed by atoms with Gasteiger partial charge in [-0.1, -0.05) is 41.9 Å². The van der Waals surface area contributed by atoms with Crippen LogP contribution in [0.15, 0.2) is 66.7 Å². The van der Waals surface area contributed by atoms with Crippen molar-refractivity contribution in [2.24, 2.45) is 0 Å². The number of fused-ring (bicyclic) bond motifs is 1. The highest BCUT2D eigenvalue weighted by atomic mass is 35.5. The molecule has 3 aromatic carbocycles. The van der Waals surface area contributed by atoms with Gasteiger partial charge in [-0.25, -0.2) is 4.98 Å². The molecule has 0 unspecified atom stereocenters. The van der Waals surface area contributed by atoms with Gasteiger partial charge in [0.25, 0.3) is 0 Å². The van der Waals surface area contributed by atoms with Gasteiger partial charge in [0.1, 0.15) is 11.6 Å². The van der Waals surface area contributed by atoms with Gasteiger partial charge in [0.05, 0.1) is 16.8 Å². The van der Waals surface area contributed by atoms with E-state index in [1.165, 1.54) is 4.70 Å². The molecule has 0 bridgehead atoms. The molecule has 0 radical (unpaired) electrons. The maximum atomic E-state index is 6.22. The summed E-state index contributed by atoms with van der Waals surface area (Å²) in [5.41, 5.74) is 2.97. The summed E-state index contributed by atoms with van der Waals surface area (Å²) in [7, 11) is 0. The van der Waals surface area contributed by atoms with E-state index in [9.17, 15) is 0 Å². The molecule has 0 amide bonds. The predicted octanol–water partition coefficient (Wildman–Crippen LogP) is 6.59. The summed E-state index contributed by atoms with van der Waals surface area (Å²) in [6, 6.07) is 21.8. The van der Waals surface area contributed by atoms with Crippen LogP contribution >= 0.6 is 22.9 Å². The number of thiazole rings is 1. The minimum atomic E-state index is 0.389. The predicted molar refractivity (Wildman–Crippen MR) is 112 cm³/mol. The number of hydrogen-bond donors (Lipinski definition) is 0. The van der Waals surface area contributed by atoms with E-state index in [-0.39, 0.29) is 0 Å². The maximum Gasteiger partial charge on any atom is 0.161 e. The minimum absolute atomic E-state index is 0.389. The van der Waals surface area contributed by atoms with E-state index in [2.05, 4.69) is 6.07 Å². The van der Waals surface area contributed by atoms with Crippen molar-refractivity contribution in [2.45, 2.75) is 13.5 Å². The molecular formula is C22H18ClNO2S. The van der Waals surface area contributed by atoms with E-state index in [0.717, 1.165) is 21.7 Å². The fourth-order valence-corrected chi connectivity index (χ4v) is 3.95. The van der Waals surface area contributed by atoms with Gasteiger partial charge >= 0.3 is 0 Å². The van der Waals surface area contributed by atoms with Crippen LogP contribution < -0.4 is 9.47 Å². The standard InChI is InChI=1S/C22H18ClNO2S/c1-2-25-20-13-15(22-24-18-9-5-6-10-21(18)27-22)11-12-19(20)26-14-16-7-3-4-8-17(16)23/h3-13H,2,14H2,1H3. The van der Waals surface area contributed by atoms with Crippen LogP contribution in [0.3, 0.4) is 0 Å². The molecule has 0 aliphatic carbocycles. The highest BCUT2D eigenvalue weighted by Crippen LogP contribution is 2.36. The van der Waals surface area contributed by atoms with Crippen molar-refractivity contribution < 1.29 is 9.47 Å². The molecule has 136 valence electrons. The average molecular weight is 396 g/mol. The van der Waals surface area contributed by atoms with Gasteiger partial charge in [0, 0.05) is 16.1 Å². The second kappa shape index (κ2) is 7.99. The Hall–Kier alpha value is -2.56. The zero-order valence-electron chi connectivity index (χ0n) is 14.8. The van der Waals surface area contributed by atoms with Gasteiger partial charge in [-0.3, -0.25) is 0 Å². The molecule has 5 heteroatoms. The molecule has 0 saturated heterocycles. The first-order chi connectivity index (χ1) is 13.2. The van der Waals surface area contributed by atoms with Gasteiger partial charge in [-0.15, -0.1) is 11.3 Å². The van der Waals surface area contributed by atoms with Crippen LogP contribution in [0.2, 0.25) is 5.02 Å². The van der Waals surface area contributed by atoms with Gasteiger partial charge in [0.15, 0.2) is 11.5 Å². The van der Waals surface area contributed by atoms with Gasteiger partial charge in [-0.05, 0) is 43.3 Å². The monoisotopic (exact) mass is 395 g/mol. The third kappa shape index (κ3) is 3.92. The van der Waals surface area contributed by atoms with Gasteiger partial charge < -0.3 is 9.47 Å². The normalized spacial score (nSPS) is 10.9. The number of halogens is 1. The topological polar surface area (TPSA) is 31.4 Å². The van der Waals surface area contributed by atoms with E-state index < -0.39 is 0 Å². The zero-order valence-corrected chi connectivity index (χ0v) is 16.4. The quantitative estimate of drug-likeness (QED) is 0.368. The number of rotatable bonds is 6. The molecule has 0 saturated carbocycles. The largest absolute Gasteiger partial charge is 0.490 e. The molecule has 4 rings (SSSR count). The van der Waals surface area contributed by atoms with Crippen LogP contribution in [-0.2, 0) is 6.61 Å². The van der Waals surface area contributed by atoms with Crippen molar-refractivity contribution >= 4 is 33.2 Å². The van der Waals surface area contributed by atoms with Crippen LogP contribution in [0, 0.1) is 0 Å². The molecule has 27 heavy (non-hydrogen) atoms. The Morgan fingerprint density at radius 2 is 1.74 bits per heavy atom. The molecule has 1 heterocycles. The summed E-state index contributed by atoms with van der Waals surface area (Å²) < 4.78 is 13.0. The Balaban J connectivity index is 1.62. The fraction of sp³-hybridized carbons (Fsp3) is 0.136. The minimum Gasteiger partial charge on any atom is -0.490 e. The summed E-state index contributed by atoms with van der Waals surface area (Å²) in [5, 5.41) is 1.66. The fourth-order valence-electron chi connectivity index (χ4n) is 2.80. The van der Waals surface area contributed by atoms with E-state index >= 15 is 0 Å². The Bertz CT molecular complexity index is 1040. The van der Waals surface area contributed by atoms with Crippen molar-refractivity contribution in [3.05, 3.63) is 77.3 Å². The lowest BCUT2D eigenvalue weighted by molar-refractivity contribution is 0.269. The van der Waals surface area contributed by atoms with E-state index in [4.69, 9.17) is 26.1 Å². The lowest BCUT2D eigenvalue weighted by Crippen LogP contribution is -2.00. The Morgan fingerprint density at radius 3 is 2.56 bits per heavy atom. The summed E-state index contributed by atoms with van der Waals surface area (Å²) in [6.45, 7) is 2.91. The average Bonchev–Trinajstić information content (AvgIpc) is 3.12. The molecule has 0 N–H and O–H groups in total. The van der Waals surface area contributed by atoms with Gasteiger partial charge in [0.2, 0.25) is 0 Å². The van der Waals surface area contributed by atoms with Gasteiger partial charge in [-0.2, -0.15) is 0 Å². The molecule has 0 spiro atoms. The first-order valence-electron chi connectivity index (χ1n) is 8.73. The van der Waals surface area contributed by atoms with Crippen molar-refractivity contribution in [2.75, 3.05) is 6.61 Å². The lowest BCUT2D eigenvalue weighted by Gasteiger charge is -2.13. The Labute approximate surface area is 167 Å². The summed E-state index contributed by atoms with van der Waals surface area (Å²) in [4.78, 5) is 4.72. The van der Waals surface area contributed by atoms with Crippen molar-refractivity contribution in [3.8, 4) is 22.1 Å². The maximum absolute atomic E-state index is 6.22. The van der Waals surface area contributed by atoms with E-state index in [1.807, 2.05) is 67.6 Å². The van der Waals surface area contributed by atoms with Crippen LogP contribution in [0.5, 0.6) is 11.5 Å². The lowest BCUT2D eigenvalue weighted by atomic mass is 10.2. The summed E-state index contributed by atoms with van der Waals surface area (Å²) >= 11 is 7.89. The van der Waals surface area contributed by atoms with Crippen LogP contribution in [0.25, 0.3) is 20.8 Å². The SMILES string of the molecule is CCOc1cc(-c2nc3ccccc3s2)ccc1OCc1ccccc1Cl. The third-order valence-corrected chi connectivity index (χ3v) is 5.58. The Morgan fingerprint density at radius 1 is 0.926 bits per heavy atom. The molecule has 3 nitrogen and oxygen atoms in total. The highest BCUT2D eigenvalue weighted by Gasteiger charge is 2.12. The third-order valence-electron chi connectivity index (χ3n) is 4.13. The molecule has 0 fully saturated rings. The van der Waals surface area contributed by atoms with Crippen molar-refractivity contribution in [1.29, 1.82) is 0 Å². The molecule has 0 aliphatic rings. The number of para-hydroxylation sites is 1. The van der Waals surface area contributed by atoms with Crippen LogP contribution in [-0.4, -0.2) is 11.6 Å². The summed E-state index contributed by atoms with van der Waals surface area (Å²) in [6.07, 6.45) is 0.